The molecular weight excluding hydrogens is 216 g/mol. The lowest BCUT2D eigenvalue weighted by atomic mass is 10.2. The highest BCUT2D eigenvalue weighted by atomic mass is 16.3. The summed E-state index contributed by atoms with van der Waals surface area (Å²) < 4.78 is 5.06. The highest BCUT2D eigenvalue weighted by Crippen LogP contribution is 2.13. The zero-order valence-electron chi connectivity index (χ0n) is 10.3. The first-order chi connectivity index (χ1) is 8.31. The summed E-state index contributed by atoms with van der Waals surface area (Å²) in [6, 6.07) is 3.87. The molecule has 1 saturated heterocycles. The van der Waals surface area contributed by atoms with E-state index in [1.165, 1.54) is 19.1 Å². The molecule has 4 nitrogen and oxygen atoms in total. The second-order valence-corrected chi connectivity index (χ2v) is 4.49. The third-order valence-corrected chi connectivity index (χ3v) is 3.37. The highest BCUT2D eigenvalue weighted by molar-refractivity contribution is 5.91. The van der Waals surface area contributed by atoms with E-state index in [9.17, 15) is 4.79 Å². The Balaban J connectivity index is 1.81. The summed E-state index contributed by atoms with van der Waals surface area (Å²) in [4.78, 5) is 14.2. The van der Waals surface area contributed by atoms with Gasteiger partial charge >= 0.3 is 0 Å². The average molecular weight is 236 g/mol. The van der Waals surface area contributed by atoms with Crippen LogP contribution in [0.2, 0.25) is 0 Å². The lowest BCUT2D eigenvalue weighted by Crippen LogP contribution is -2.42. The van der Waals surface area contributed by atoms with Crippen LogP contribution in [-0.2, 0) is 0 Å². The van der Waals surface area contributed by atoms with Gasteiger partial charge in [0.05, 0.1) is 6.26 Å². The summed E-state index contributed by atoms with van der Waals surface area (Å²) in [7, 11) is 0. The molecule has 1 amide bonds. The number of likely N-dealkylation sites (tertiary alicyclic amines) is 1. The number of rotatable bonds is 5. The number of carbonyl (C=O) groups is 1. The van der Waals surface area contributed by atoms with E-state index in [0.717, 1.165) is 19.5 Å². The van der Waals surface area contributed by atoms with Gasteiger partial charge in [-0.15, -0.1) is 0 Å². The van der Waals surface area contributed by atoms with Gasteiger partial charge in [0, 0.05) is 12.6 Å². The second kappa shape index (κ2) is 5.87. The smallest absolute Gasteiger partial charge is 0.287 e. The molecule has 1 atom stereocenters. The number of nitrogens with zero attached hydrogens (tertiary/aromatic N) is 1. The molecule has 0 saturated carbocycles. The molecule has 0 aromatic carbocycles. The Labute approximate surface area is 102 Å². The molecular formula is C13H20N2O2. The van der Waals surface area contributed by atoms with Crippen molar-refractivity contribution in [2.24, 2.45) is 0 Å². The maximum atomic E-state index is 11.7. The number of carbonyl (C=O) groups excluding carboxylic acids is 1. The summed E-state index contributed by atoms with van der Waals surface area (Å²) in [5.74, 6) is 0.272. The largest absolute Gasteiger partial charge is 0.459 e. The van der Waals surface area contributed by atoms with Crippen LogP contribution in [0.4, 0.5) is 0 Å². The molecule has 2 rings (SSSR count). The van der Waals surface area contributed by atoms with Crippen LogP contribution in [0.15, 0.2) is 22.8 Å². The molecule has 1 N–H and O–H groups in total. The molecule has 17 heavy (non-hydrogen) atoms. The van der Waals surface area contributed by atoms with Gasteiger partial charge in [-0.05, 0) is 44.5 Å². The van der Waals surface area contributed by atoms with Crippen LogP contribution < -0.4 is 5.32 Å². The fraction of sp³-hybridized carbons (Fsp3) is 0.615. The van der Waals surface area contributed by atoms with Crippen molar-refractivity contribution in [1.82, 2.24) is 10.2 Å². The third kappa shape index (κ3) is 3.09. The van der Waals surface area contributed by atoms with Crippen molar-refractivity contribution in [1.29, 1.82) is 0 Å². The minimum absolute atomic E-state index is 0.118. The Hall–Kier alpha value is -1.29. The van der Waals surface area contributed by atoms with E-state index in [4.69, 9.17) is 4.42 Å². The monoisotopic (exact) mass is 236 g/mol. The Bertz CT molecular complexity index is 342. The molecule has 1 aliphatic rings. The molecule has 1 aromatic heterocycles. The van der Waals surface area contributed by atoms with Gasteiger partial charge in [-0.2, -0.15) is 0 Å². The first kappa shape index (κ1) is 12.2. The lowest BCUT2D eigenvalue weighted by molar-refractivity contribution is 0.0909. The minimum atomic E-state index is -0.118. The fourth-order valence-electron chi connectivity index (χ4n) is 2.34. The van der Waals surface area contributed by atoms with Crippen LogP contribution in [0.3, 0.4) is 0 Å². The van der Waals surface area contributed by atoms with Gasteiger partial charge in [-0.25, -0.2) is 0 Å². The van der Waals surface area contributed by atoms with Crippen molar-refractivity contribution in [3.63, 3.8) is 0 Å². The Morgan fingerprint density at radius 2 is 2.29 bits per heavy atom. The van der Waals surface area contributed by atoms with Gasteiger partial charge < -0.3 is 9.73 Å². The SMILES string of the molecule is CC[C@H](CNC(=O)c1ccco1)N1CCCC1. The predicted molar refractivity (Wildman–Crippen MR) is 65.9 cm³/mol. The molecule has 0 bridgehead atoms. The Kier molecular flexibility index (Phi) is 4.20. The number of hydrogen-bond donors (Lipinski definition) is 1. The van der Waals surface area contributed by atoms with E-state index >= 15 is 0 Å². The van der Waals surface area contributed by atoms with Gasteiger partial charge in [0.15, 0.2) is 5.76 Å². The fourth-order valence-corrected chi connectivity index (χ4v) is 2.34. The summed E-state index contributed by atoms with van der Waals surface area (Å²) in [6.45, 7) is 5.20. The van der Waals surface area contributed by atoms with Crippen molar-refractivity contribution < 1.29 is 9.21 Å². The third-order valence-electron chi connectivity index (χ3n) is 3.37. The van der Waals surface area contributed by atoms with E-state index in [1.807, 2.05) is 0 Å². The quantitative estimate of drug-likeness (QED) is 0.849. The van der Waals surface area contributed by atoms with Crippen LogP contribution >= 0.6 is 0 Å². The molecule has 94 valence electrons. The standard InChI is InChI=1S/C13H20N2O2/c1-2-11(15-7-3-4-8-15)10-14-13(16)12-6-5-9-17-12/h5-6,9,11H,2-4,7-8,10H2,1H3,(H,14,16)/t11-/m1/s1. The number of furan rings is 1. The summed E-state index contributed by atoms with van der Waals surface area (Å²) in [6.07, 6.45) is 5.15. The van der Waals surface area contributed by atoms with E-state index in [0.29, 0.717) is 18.3 Å². The predicted octanol–water partition coefficient (Wildman–Crippen LogP) is 1.88. The molecule has 0 aliphatic carbocycles. The molecule has 4 heteroatoms. The van der Waals surface area contributed by atoms with E-state index < -0.39 is 0 Å². The van der Waals surface area contributed by atoms with Gasteiger partial charge in [0.1, 0.15) is 0 Å². The number of nitrogens with one attached hydrogen (secondary N) is 1. The second-order valence-electron chi connectivity index (χ2n) is 4.49. The molecule has 1 fully saturated rings. The summed E-state index contributed by atoms with van der Waals surface area (Å²) in [5.41, 5.74) is 0. The molecule has 0 spiro atoms. The molecule has 2 heterocycles. The van der Waals surface area contributed by atoms with E-state index in [2.05, 4.69) is 17.1 Å². The molecule has 1 aromatic rings. The van der Waals surface area contributed by atoms with E-state index in [-0.39, 0.29) is 5.91 Å². The van der Waals surface area contributed by atoms with Gasteiger partial charge in [-0.1, -0.05) is 6.92 Å². The van der Waals surface area contributed by atoms with Crippen molar-refractivity contribution in [2.75, 3.05) is 19.6 Å². The zero-order chi connectivity index (χ0) is 12.1. The van der Waals surface area contributed by atoms with Crippen molar-refractivity contribution >= 4 is 5.91 Å². The summed E-state index contributed by atoms with van der Waals surface area (Å²) in [5, 5.41) is 2.94. The van der Waals surface area contributed by atoms with Crippen LogP contribution in [0.1, 0.15) is 36.7 Å². The first-order valence-corrected chi connectivity index (χ1v) is 6.37. The van der Waals surface area contributed by atoms with Crippen molar-refractivity contribution in [2.45, 2.75) is 32.2 Å². The minimum Gasteiger partial charge on any atom is -0.459 e. The normalized spacial score (nSPS) is 18.2. The Morgan fingerprint density at radius 3 is 2.88 bits per heavy atom. The van der Waals surface area contributed by atoms with Crippen LogP contribution in [0.5, 0.6) is 0 Å². The average Bonchev–Trinajstić information content (AvgIpc) is 3.02. The number of hydrogen-bond acceptors (Lipinski definition) is 3. The highest BCUT2D eigenvalue weighted by Gasteiger charge is 2.21. The van der Waals surface area contributed by atoms with Crippen molar-refractivity contribution in [3.05, 3.63) is 24.2 Å². The van der Waals surface area contributed by atoms with E-state index in [1.54, 1.807) is 12.1 Å². The van der Waals surface area contributed by atoms with Crippen molar-refractivity contribution in [3.8, 4) is 0 Å². The van der Waals surface area contributed by atoms with Gasteiger partial charge in [-0.3, -0.25) is 9.69 Å². The lowest BCUT2D eigenvalue weighted by Gasteiger charge is -2.26. The zero-order valence-corrected chi connectivity index (χ0v) is 10.3. The topological polar surface area (TPSA) is 45.5 Å². The summed E-state index contributed by atoms with van der Waals surface area (Å²) >= 11 is 0. The first-order valence-electron chi connectivity index (χ1n) is 6.37. The molecule has 0 unspecified atom stereocenters. The maximum Gasteiger partial charge on any atom is 0.287 e. The number of amides is 1. The van der Waals surface area contributed by atoms with Crippen LogP contribution in [0.25, 0.3) is 0 Å². The molecule has 1 aliphatic heterocycles. The van der Waals surface area contributed by atoms with Gasteiger partial charge in [0.25, 0.3) is 5.91 Å². The van der Waals surface area contributed by atoms with Crippen LogP contribution in [0, 0.1) is 0 Å². The Morgan fingerprint density at radius 1 is 1.53 bits per heavy atom. The van der Waals surface area contributed by atoms with Gasteiger partial charge in [0.2, 0.25) is 0 Å². The molecule has 0 radical (unpaired) electrons. The van der Waals surface area contributed by atoms with Crippen LogP contribution in [-0.4, -0.2) is 36.5 Å². The maximum absolute atomic E-state index is 11.7.